The van der Waals surface area contributed by atoms with Crippen molar-refractivity contribution in [2.45, 2.75) is 37.0 Å². The molecule has 6 rings (SSSR count). The van der Waals surface area contributed by atoms with Gasteiger partial charge in [-0.25, -0.2) is 0 Å². The molecule has 42 heavy (non-hydrogen) atoms. The fraction of sp³-hybridized carbons (Fsp3) is 0.455. The van der Waals surface area contributed by atoms with Gasteiger partial charge in [0.05, 0.1) is 34.9 Å². The quantitative estimate of drug-likeness (QED) is 0.323. The van der Waals surface area contributed by atoms with Gasteiger partial charge in [-0.3, -0.25) is 9.69 Å². The van der Waals surface area contributed by atoms with Crippen molar-refractivity contribution in [2.24, 2.45) is 0 Å². The number of benzene rings is 3. The zero-order valence-electron chi connectivity index (χ0n) is 23.9. The van der Waals surface area contributed by atoms with Crippen molar-refractivity contribution in [3.63, 3.8) is 0 Å². The summed E-state index contributed by atoms with van der Waals surface area (Å²) in [5, 5.41) is 12.3. The minimum absolute atomic E-state index is 0.0738. The summed E-state index contributed by atoms with van der Waals surface area (Å²) in [6.45, 7) is 6.99. The van der Waals surface area contributed by atoms with Gasteiger partial charge in [0.1, 0.15) is 0 Å². The van der Waals surface area contributed by atoms with Gasteiger partial charge in [-0.1, -0.05) is 53.5 Å². The lowest BCUT2D eigenvalue weighted by Gasteiger charge is -2.49. The Bertz CT molecular complexity index is 1490. The maximum absolute atomic E-state index is 13.8. The summed E-state index contributed by atoms with van der Waals surface area (Å²) in [6, 6.07) is 19.8. The number of ether oxygens (including phenoxy) is 2. The number of hydrogen-bond donors (Lipinski definition) is 0. The highest BCUT2D eigenvalue weighted by molar-refractivity contribution is 6.42. The molecule has 0 N–H and O–H groups in total. The molecule has 1 amide bonds. The van der Waals surface area contributed by atoms with Gasteiger partial charge in [0.25, 0.3) is 5.91 Å². The fourth-order valence-electron chi connectivity index (χ4n) is 6.61. The summed E-state index contributed by atoms with van der Waals surface area (Å²) in [5.74, 6) is -0.362. The van der Waals surface area contributed by atoms with E-state index >= 15 is 0 Å². The number of amides is 1. The third-order valence-corrected chi connectivity index (χ3v) is 9.84. The number of fused-ring (bicyclic) bond motifs is 1. The summed E-state index contributed by atoms with van der Waals surface area (Å²) >= 11 is 12.7. The smallest absolute Gasteiger partial charge is 0.254 e. The standard InChI is InChI=1S/C33H36Cl2N4O3/c1-37(32(40)29-17-23(19-36)16-25-4-2-3-5-28(25)29)20-26(24-6-7-30(34)31(35)18-24)8-11-38-21-27(22-38)39-12-9-33(10-13-39)41-14-15-42-33/h2-7,16-18,26-27H,8-15,20-22H2,1H3/t26-/m1/s1. The summed E-state index contributed by atoms with van der Waals surface area (Å²) in [4.78, 5) is 20.6. The number of rotatable bonds is 8. The Morgan fingerprint density at radius 3 is 2.52 bits per heavy atom. The monoisotopic (exact) mass is 606 g/mol. The highest BCUT2D eigenvalue weighted by atomic mass is 35.5. The second-order valence-corrected chi connectivity index (χ2v) is 12.6. The van der Waals surface area contributed by atoms with Crippen LogP contribution in [-0.4, -0.2) is 92.0 Å². The Morgan fingerprint density at radius 1 is 1.07 bits per heavy atom. The van der Waals surface area contributed by atoms with Crippen LogP contribution >= 0.6 is 23.2 Å². The topological polar surface area (TPSA) is 69.0 Å². The van der Waals surface area contributed by atoms with E-state index in [0.717, 1.165) is 68.3 Å². The Balaban J connectivity index is 1.11. The molecule has 9 heteroatoms. The van der Waals surface area contributed by atoms with E-state index in [2.05, 4.69) is 15.9 Å². The van der Waals surface area contributed by atoms with Gasteiger partial charge in [0.15, 0.2) is 5.79 Å². The SMILES string of the molecule is CN(C[C@@H](CCN1CC(N2CCC3(CC2)OCCO3)C1)c1ccc(Cl)c(Cl)c1)C(=O)c1cc(C#N)cc2ccccc12. The van der Waals surface area contributed by atoms with Crippen molar-refractivity contribution in [1.82, 2.24) is 14.7 Å². The molecule has 7 nitrogen and oxygen atoms in total. The minimum atomic E-state index is -0.335. The second-order valence-electron chi connectivity index (χ2n) is 11.8. The average Bonchev–Trinajstić information content (AvgIpc) is 3.44. The second kappa shape index (κ2) is 12.5. The van der Waals surface area contributed by atoms with E-state index in [1.54, 1.807) is 11.0 Å². The predicted octanol–water partition coefficient (Wildman–Crippen LogP) is 5.79. The van der Waals surface area contributed by atoms with Gasteiger partial charge in [0.2, 0.25) is 0 Å². The summed E-state index contributed by atoms with van der Waals surface area (Å²) in [7, 11) is 1.83. The molecule has 0 aromatic heterocycles. The van der Waals surface area contributed by atoms with Crippen LogP contribution in [-0.2, 0) is 9.47 Å². The molecule has 3 heterocycles. The third kappa shape index (κ3) is 6.16. The molecule has 3 aliphatic rings. The molecular formula is C33H36Cl2N4O3. The number of halogens is 2. The number of piperidine rings is 1. The average molecular weight is 608 g/mol. The Morgan fingerprint density at radius 2 is 1.81 bits per heavy atom. The number of nitrogens with zero attached hydrogens (tertiary/aromatic N) is 4. The van der Waals surface area contributed by atoms with Crippen LogP contribution in [0.25, 0.3) is 10.8 Å². The van der Waals surface area contributed by atoms with E-state index in [0.29, 0.717) is 47.0 Å². The number of likely N-dealkylation sites (tertiary alicyclic amines) is 2. The molecule has 3 aromatic carbocycles. The van der Waals surface area contributed by atoms with Crippen molar-refractivity contribution in [1.29, 1.82) is 5.26 Å². The molecular weight excluding hydrogens is 571 g/mol. The van der Waals surface area contributed by atoms with Gasteiger partial charge < -0.3 is 19.3 Å². The Hall–Kier alpha value is -2.70. The predicted molar refractivity (Wildman–Crippen MR) is 165 cm³/mol. The summed E-state index contributed by atoms with van der Waals surface area (Å²) in [6.07, 6.45) is 2.76. The third-order valence-electron chi connectivity index (χ3n) is 9.10. The summed E-state index contributed by atoms with van der Waals surface area (Å²) < 4.78 is 11.8. The molecule has 0 aliphatic carbocycles. The van der Waals surface area contributed by atoms with E-state index in [4.69, 9.17) is 32.7 Å². The van der Waals surface area contributed by atoms with Crippen LogP contribution in [0.3, 0.4) is 0 Å². The van der Waals surface area contributed by atoms with Crippen LogP contribution in [0.4, 0.5) is 0 Å². The highest BCUT2D eigenvalue weighted by Crippen LogP contribution is 2.34. The van der Waals surface area contributed by atoms with Crippen LogP contribution < -0.4 is 0 Å². The van der Waals surface area contributed by atoms with Crippen LogP contribution in [0, 0.1) is 11.3 Å². The molecule has 1 spiro atoms. The van der Waals surface area contributed by atoms with E-state index in [1.807, 2.05) is 55.6 Å². The molecule has 0 bridgehead atoms. The van der Waals surface area contributed by atoms with E-state index in [1.165, 1.54) is 0 Å². The fourth-order valence-corrected chi connectivity index (χ4v) is 6.92. The Kier molecular flexibility index (Phi) is 8.74. The van der Waals surface area contributed by atoms with Crippen molar-refractivity contribution in [2.75, 3.05) is 59.5 Å². The lowest BCUT2D eigenvalue weighted by Crippen LogP contribution is -2.62. The molecule has 3 fully saturated rings. The highest BCUT2D eigenvalue weighted by Gasteiger charge is 2.43. The van der Waals surface area contributed by atoms with Crippen LogP contribution in [0.15, 0.2) is 54.6 Å². The van der Waals surface area contributed by atoms with Gasteiger partial charge in [-0.2, -0.15) is 5.26 Å². The van der Waals surface area contributed by atoms with E-state index < -0.39 is 0 Å². The number of carbonyl (C=O) groups is 1. The first-order valence-corrected chi connectivity index (χ1v) is 15.5. The first kappa shape index (κ1) is 29.4. The van der Waals surface area contributed by atoms with Gasteiger partial charge >= 0.3 is 0 Å². The van der Waals surface area contributed by atoms with Crippen LogP contribution in [0.2, 0.25) is 10.0 Å². The molecule has 1 atom stereocenters. The largest absolute Gasteiger partial charge is 0.347 e. The lowest BCUT2D eigenvalue weighted by molar-refractivity contribution is -0.191. The maximum Gasteiger partial charge on any atom is 0.254 e. The number of likely N-dealkylation sites (N-methyl/N-ethyl adjacent to an activating group) is 1. The number of hydrogen-bond acceptors (Lipinski definition) is 6. The van der Waals surface area contributed by atoms with Crippen molar-refractivity contribution >= 4 is 39.9 Å². The lowest BCUT2D eigenvalue weighted by atomic mass is 9.93. The van der Waals surface area contributed by atoms with Crippen molar-refractivity contribution in [3.05, 3.63) is 81.3 Å². The van der Waals surface area contributed by atoms with Crippen molar-refractivity contribution < 1.29 is 14.3 Å². The summed E-state index contributed by atoms with van der Waals surface area (Å²) in [5.41, 5.74) is 2.09. The number of nitriles is 1. The van der Waals surface area contributed by atoms with Gasteiger partial charge in [-0.05, 0) is 53.6 Å². The van der Waals surface area contributed by atoms with Crippen LogP contribution in [0.5, 0.6) is 0 Å². The zero-order valence-corrected chi connectivity index (χ0v) is 25.4. The molecule has 3 aliphatic heterocycles. The van der Waals surface area contributed by atoms with Gasteiger partial charge in [-0.15, -0.1) is 0 Å². The zero-order chi connectivity index (χ0) is 29.3. The molecule has 3 aromatic rings. The first-order valence-electron chi connectivity index (χ1n) is 14.7. The van der Waals surface area contributed by atoms with E-state index in [-0.39, 0.29) is 17.6 Å². The van der Waals surface area contributed by atoms with E-state index in [9.17, 15) is 10.1 Å². The first-order chi connectivity index (χ1) is 20.3. The van der Waals surface area contributed by atoms with Crippen molar-refractivity contribution in [3.8, 4) is 6.07 Å². The minimum Gasteiger partial charge on any atom is -0.347 e. The Labute approximate surface area is 257 Å². The maximum atomic E-state index is 13.8. The molecule has 0 saturated carbocycles. The molecule has 0 radical (unpaired) electrons. The molecule has 3 saturated heterocycles. The van der Waals surface area contributed by atoms with Gasteiger partial charge in [0, 0.05) is 70.1 Å². The van der Waals surface area contributed by atoms with Crippen LogP contribution in [0.1, 0.15) is 46.7 Å². The molecule has 220 valence electrons. The number of carbonyl (C=O) groups excluding carboxylic acids is 1. The molecule has 0 unspecified atom stereocenters. The normalized spacial score (nSPS) is 20.0.